The summed E-state index contributed by atoms with van der Waals surface area (Å²) in [4.78, 5) is 44.6. The fourth-order valence-electron chi connectivity index (χ4n) is 5.28. The van der Waals surface area contributed by atoms with Crippen molar-refractivity contribution >= 4 is 28.6 Å². The molecule has 2 heterocycles. The third-order valence-corrected chi connectivity index (χ3v) is 7.05. The van der Waals surface area contributed by atoms with Crippen molar-refractivity contribution in [3.63, 3.8) is 0 Å². The monoisotopic (exact) mass is 474 g/mol. The van der Waals surface area contributed by atoms with E-state index >= 15 is 0 Å². The smallest absolute Gasteiger partial charge is 0.350 e. The lowest BCUT2D eigenvalue weighted by atomic mass is 9.97. The van der Waals surface area contributed by atoms with Crippen LogP contribution in [0.1, 0.15) is 43.4 Å². The van der Waals surface area contributed by atoms with E-state index in [9.17, 15) is 14.4 Å². The molecule has 1 atom stereocenters. The number of aryl methyl sites for hydroxylation is 1. The molecule has 0 radical (unpaired) electrons. The van der Waals surface area contributed by atoms with Gasteiger partial charge in [0.15, 0.2) is 0 Å². The first-order chi connectivity index (χ1) is 17.0. The number of esters is 1. The Kier molecular flexibility index (Phi) is 6.53. The van der Waals surface area contributed by atoms with Crippen LogP contribution in [-0.4, -0.2) is 41.1 Å². The Balaban J connectivity index is 1.35. The van der Waals surface area contributed by atoms with Crippen LogP contribution in [0.25, 0.3) is 10.9 Å². The van der Waals surface area contributed by atoms with E-state index in [-0.39, 0.29) is 30.4 Å². The van der Waals surface area contributed by atoms with E-state index in [2.05, 4.69) is 27.3 Å². The number of nitrogens with one attached hydrogen (secondary N) is 1. The number of para-hydroxylation sites is 1. The molecule has 0 spiro atoms. The summed E-state index contributed by atoms with van der Waals surface area (Å²) in [7, 11) is 0. The van der Waals surface area contributed by atoms with Gasteiger partial charge in [-0.25, -0.2) is 4.79 Å². The second kappa shape index (κ2) is 9.90. The lowest BCUT2D eigenvalue weighted by Gasteiger charge is -2.32. The van der Waals surface area contributed by atoms with Crippen molar-refractivity contribution in [1.29, 1.82) is 0 Å². The molecule has 1 aliphatic carbocycles. The Morgan fingerprint density at radius 1 is 1.06 bits per heavy atom. The molecule has 8 nitrogen and oxygen atoms in total. The fraction of sp³-hybridized carbons (Fsp3) is 0.407. The highest BCUT2D eigenvalue weighted by atomic mass is 16.5. The number of ether oxygens (including phenoxy) is 1. The summed E-state index contributed by atoms with van der Waals surface area (Å²) in [6.45, 7) is 3.34. The van der Waals surface area contributed by atoms with Gasteiger partial charge in [-0.1, -0.05) is 36.4 Å². The number of nitrogens with zero attached hydrogens (tertiary/aromatic N) is 3. The maximum absolute atomic E-state index is 13.1. The predicted octanol–water partition coefficient (Wildman–Crippen LogP) is 2.98. The number of amides is 1. The van der Waals surface area contributed by atoms with E-state index in [1.807, 2.05) is 43.3 Å². The number of aromatic nitrogens is 2. The van der Waals surface area contributed by atoms with Crippen molar-refractivity contribution in [1.82, 2.24) is 14.9 Å². The van der Waals surface area contributed by atoms with Gasteiger partial charge in [0.05, 0.1) is 24.1 Å². The number of rotatable bonds is 6. The van der Waals surface area contributed by atoms with E-state index in [1.165, 1.54) is 10.1 Å². The van der Waals surface area contributed by atoms with Crippen molar-refractivity contribution in [2.24, 2.45) is 5.92 Å². The van der Waals surface area contributed by atoms with Gasteiger partial charge in [0.25, 0.3) is 0 Å². The molecule has 5 rings (SSSR count). The van der Waals surface area contributed by atoms with Crippen LogP contribution in [0.15, 0.2) is 53.3 Å². The molecule has 0 bridgehead atoms. The fourth-order valence-corrected chi connectivity index (χ4v) is 5.28. The maximum Gasteiger partial charge on any atom is 0.350 e. The number of fused-ring (bicyclic) bond motifs is 2. The van der Waals surface area contributed by atoms with Gasteiger partial charge >= 0.3 is 11.7 Å². The highest BCUT2D eigenvalue weighted by Crippen LogP contribution is 2.31. The van der Waals surface area contributed by atoms with Crippen LogP contribution in [0.3, 0.4) is 0 Å². The van der Waals surface area contributed by atoms with Crippen molar-refractivity contribution < 1.29 is 14.3 Å². The number of carbonyl (C=O) groups is 2. The van der Waals surface area contributed by atoms with Crippen LogP contribution in [-0.2, 0) is 27.3 Å². The van der Waals surface area contributed by atoms with Gasteiger partial charge in [-0.15, -0.1) is 0 Å². The molecule has 2 aliphatic rings. The second-order valence-corrected chi connectivity index (χ2v) is 9.19. The number of carbonyl (C=O) groups excluding carboxylic acids is 2. The Hall–Kier alpha value is -3.68. The highest BCUT2D eigenvalue weighted by molar-refractivity contribution is 5.91. The summed E-state index contributed by atoms with van der Waals surface area (Å²) < 4.78 is 6.61. The second-order valence-electron chi connectivity index (χ2n) is 9.19. The molecule has 1 aromatic heterocycles. The van der Waals surface area contributed by atoms with Crippen molar-refractivity contribution in [3.05, 3.63) is 70.1 Å². The molecule has 182 valence electrons. The summed E-state index contributed by atoms with van der Waals surface area (Å²) in [5.74, 6) is 0.122. The zero-order valence-electron chi connectivity index (χ0n) is 19.9. The van der Waals surface area contributed by atoms with E-state index in [4.69, 9.17) is 4.74 Å². The van der Waals surface area contributed by atoms with Crippen molar-refractivity contribution in [3.8, 4) is 0 Å². The van der Waals surface area contributed by atoms with E-state index in [1.54, 1.807) is 0 Å². The lowest BCUT2D eigenvalue weighted by Crippen LogP contribution is -2.40. The normalized spacial score (nSPS) is 17.9. The molecule has 0 saturated carbocycles. The molecule has 1 saturated heterocycles. The van der Waals surface area contributed by atoms with E-state index in [0.29, 0.717) is 43.9 Å². The van der Waals surface area contributed by atoms with Crippen LogP contribution < -0.4 is 15.9 Å². The number of piperidine rings is 1. The van der Waals surface area contributed by atoms with Gasteiger partial charge < -0.3 is 15.0 Å². The minimum absolute atomic E-state index is 0.0337. The van der Waals surface area contributed by atoms with Gasteiger partial charge in [0, 0.05) is 18.5 Å². The highest BCUT2D eigenvalue weighted by Gasteiger charge is 2.28. The third-order valence-electron chi connectivity index (χ3n) is 7.05. The number of hydrogen-bond donors (Lipinski definition) is 1. The van der Waals surface area contributed by atoms with Crippen LogP contribution in [0.4, 0.5) is 5.82 Å². The molecule has 1 aliphatic heterocycles. The average molecular weight is 475 g/mol. The van der Waals surface area contributed by atoms with Gasteiger partial charge in [-0.05, 0) is 55.9 Å². The van der Waals surface area contributed by atoms with Crippen LogP contribution >= 0.6 is 0 Å². The summed E-state index contributed by atoms with van der Waals surface area (Å²) in [6.07, 6.45) is 3.11. The number of anilines is 1. The maximum atomic E-state index is 13.1. The first-order valence-electron chi connectivity index (χ1n) is 12.3. The molecule has 3 aromatic rings. The summed E-state index contributed by atoms with van der Waals surface area (Å²) in [6, 6.07) is 15.7. The summed E-state index contributed by atoms with van der Waals surface area (Å²) >= 11 is 0. The van der Waals surface area contributed by atoms with Crippen LogP contribution in [0, 0.1) is 5.92 Å². The lowest BCUT2D eigenvalue weighted by molar-refractivity contribution is -0.148. The van der Waals surface area contributed by atoms with E-state index < -0.39 is 5.69 Å². The standard InChI is InChI=1S/C27H30N4O4/c1-2-35-26(33)19-13-15-30(16-14-19)25-21-9-5-6-10-23(21)31(27(34)29-25)17-24(32)28-22-12-11-18-7-3-4-8-20(18)22/h3-10,19,22H,2,11-17H2,1H3,(H,28,32). The first-order valence-corrected chi connectivity index (χ1v) is 12.3. The number of hydrogen-bond acceptors (Lipinski definition) is 6. The van der Waals surface area contributed by atoms with Gasteiger partial charge in [0.2, 0.25) is 5.91 Å². The third kappa shape index (κ3) is 4.65. The topological polar surface area (TPSA) is 93.5 Å². The van der Waals surface area contributed by atoms with Gasteiger partial charge in [-0.3, -0.25) is 14.2 Å². The van der Waals surface area contributed by atoms with Crippen LogP contribution in [0.2, 0.25) is 0 Å². The molecular weight excluding hydrogens is 444 g/mol. The molecule has 1 unspecified atom stereocenters. The Morgan fingerprint density at radius 2 is 1.80 bits per heavy atom. The Labute approximate surface area is 203 Å². The first kappa shape index (κ1) is 23.1. The minimum atomic E-state index is -0.451. The Bertz CT molecular complexity index is 1310. The molecule has 35 heavy (non-hydrogen) atoms. The zero-order valence-corrected chi connectivity index (χ0v) is 19.9. The van der Waals surface area contributed by atoms with Gasteiger partial charge in [0.1, 0.15) is 12.4 Å². The van der Waals surface area contributed by atoms with Crippen molar-refractivity contribution in [2.75, 3.05) is 24.6 Å². The SMILES string of the molecule is CCOC(=O)C1CCN(c2nc(=O)n(CC(=O)NC3CCc4ccccc43)c3ccccc23)CC1. The predicted molar refractivity (Wildman–Crippen MR) is 133 cm³/mol. The molecule has 2 aromatic carbocycles. The number of benzene rings is 2. The molecular formula is C27H30N4O4. The summed E-state index contributed by atoms with van der Waals surface area (Å²) in [5.41, 5.74) is 2.64. The summed E-state index contributed by atoms with van der Waals surface area (Å²) in [5, 5.41) is 3.92. The largest absolute Gasteiger partial charge is 0.466 e. The van der Waals surface area contributed by atoms with Crippen LogP contribution in [0.5, 0.6) is 0 Å². The quantitative estimate of drug-likeness (QED) is 0.552. The zero-order chi connectivity index (χ0) is 24.4. The average Bonchev–Trinajstić information content (AvgIpc) is 3.28. The molecule has 8 heteroatoms. The van der Waals surface area contributed by atoms with Crippen molar-refractivity contribution in [2.45, 2.75) is 45.2 Å². The molecule has 1 amide bonds. The Morgan fingerprint density at radius 3 is 2.60 bits per heavy atom. The molecule has 1 fully saturated rings. The van der Waals surface area contributed by atoms with E-state index in [0.717, 1.165) is 23.8 Å². The molecule has 1 N–H and O–H groups in total. The minimum Gasteiger partial charge on any atom is -0.466 e. The van der Waals surface area contributed by atoms with Gasteiger partial charge in [-0.2, -0.15) is 4.98 Å².